The maximum Gasteiger partial charge on any atom is 0.234 e. The molecule has 1 aromatic heterocycles. The molecule has 1 aromatic carbocycles. The van der Waals surface area contributed by atoms with E-state index >= 15 is 0 Å². The number of nitrogens with one attached hydrogen (secondary N) is 1. The Kier molecular flexibility index (Phi) is 3.87. The van der Waals surface area contributed by atoms with Crippen LogP contribution in [0.4, 0.5) is 0 Å². The second-order valence-corrected chi connectivity index (χ2v) is 5.83. The number of nitrogens with zero attached hydrogens (tertiary/aromatic N) is 2. The lowest BCUT2D eigenvalue weighted by Crippen LogP contribution is -2.31. The zero-order valence-electron chi connectivity index (χ0n) is 11.4. The van der Waals surface area contributed by atoms with Gasteiger partial charge < -0.3 is 14.6 Å². The maximum atomic E-state index is 5.47. The number of aryl methyl sites for hydroxylation is 1. The van der Waals surface area contributed by atoms with Crippen molar-refractivity contribution >= 4 is 15.9 Å². The fraction of sp³-hybridized carbons (Fsp3) is 0.429. The van der Waals surface area contributed by atoms with Crippen molar-refractivity contribution in [3.63, 3.8) is 0 Å². The van der Waals surface area contributed by atoms with Gasteiger partial charge in [-0.25, -0.2) is 0 Å². The van der Waals surface area contributed by atoms with Gasteiger partial charge in [0.05, 0.1) is 19.1 Å². The third-order valence-corrected chi connectivity index (χ3v) is 4.23. The van der Waals surface area contributed by atoms with Crippen LogP contribution in [-0.2, 0) is 4.74 Å². The highest BCUT2D eigenvalue weighted by molar-refractivity contribution is 9.10. The predicted octanol–water partition coefficient (Wildman–Crippen LogP) is 2.51. The average molecular weight is 338 g/mol. The number of likely N-dealkylation sites (N-methyl/N-ethyl adjacent to an activating group) is 1. The molecular formula is C14H16BrN3O2. The zero-order valence-corrected chi connectivity index (χ0v) is 13.0. The van der Waals surface area contributed by atoms with Gasteiger partial charge in [-0.05, 0) is 31.7 Å². The molecule has 2 unspecified atom stereocenters. The van der Waals surface area contributed by atoms with Gasteiger partial charge in [0.15, 0.2) is 0 Å². The quantitative estimate of drug-likeness (QED) is 0.932. The summed E-state index contributed by atoms with van der Waals surface area (Å²) in [7, 11) is 1.92. The monoisotopic (exact) mass is 337 g/mol. The summed E-state index contributed by atoms with van der Waals surface area (Å²) in [5.74, 6) is 1.35. The number of hydrogen-bond donors (Lipinski definition) is 1. The molecule has 1 fully saturated rings. The lowest BCUT2D eigenvalue weighted by Gasteiger charge is -2.11. The van der Waals surface area contributed by atoms with E-state index in [2.05, 4.69) is 31.4 Å². The first-order valence-electron chi connectivity index (χ1n) is 6.54. The lowest BCUT2D eigenvalue weighted by molar-refractivity contribution is 0.185. The van der Waals surface area contributed by atoms with Crippen LogP contribution >= 0.6 is 15.9 Å². The average Bonchev–Trinajstić information content (AvgIpc) is 3.06. The Balaban J connectivity index is 1.90. The van der Waals surface area contributed by atoms with Crippen molar-refractivity contribution in [1.29, 1.82) is 0 Å². The Morgan fingerprint density at radius 1 is 1.35 bits per heavy atom. The SMILES string of the molecule is CNC1COCC1c1nc(-c2ccc(C)cc2Br)no1. The third kappa shape index (κ3) is 2.51. The highest BCUT2D eigenvalue weighted by atomic mass is 79.9. The van der Waals surface area contributed by atoms with Crippen LogP contribution in [-0.4, -0.2) is 36.4 Å². The minimum absolute atomic E-state index is 0.116. The second kappa shape index (κ2) is 5.63. The van der Waals surface area contributed by atoms with Gasteiger partial charge in [-0.2, -0.15) is 4.98 Å². The van der Waals surface area contributed by atoms with Gasteiger partial charge in [0.2, 0.25) is 11.7 Å². The number of benzene rings is 1. The summed E-state index contributed by atoms with van der Waals surface area (Å²) in [6.45, 7) is 3.33. The van der Waals surface area contributed by atoms with Crippen LogP contribution in [0.25, 0.3) is 11.4 Å². The van der Waals surface area contributed by atoms with Gasteiger partial charge in [0.25, 0.3) is 0 Å². The van der Waals surface area contributed by atoms with Crippen molar-refractivity contribution in [1.82, 2.24) is 15.5 Å². The van der Waals surface area contributed by atoms with Gasteiger partial charge in [-0.1, -0.05) is 27.2 Å². The van der Waals surface area contributed by atoms with Crippen molar-refractivity contribution in [2.45, 2.75) is 18.9 Å². The molecule has 1 N–H and O–H groups in total. The standard InChI is InChI=1S/C14H16BrN3O2/c1-8-3-4-9(11(15)5-8)13-17-14(20-18-13)10-6-19-7-12(10)16-2/h3-5,10,12,16H,6-7H2,1-2H3. The Labute approximate surface area is 125 Å². The first-order valence-corrected chi connectivity index (χ1v) is 7.33. The number of halogens is 1. The summed E-state index contributed by atoms with van der Waals surface area (Å²) < 4.78 is 11.9. The van der Waals surface area contributed by atoms with Crippen LogP contribution < -0.4 is 5.32 Å². The van der Waals surface area contributed by atoms with E-state index in [9.17, 15) is 0 Å². The van der Waals surface area contributed by atoms with E-state index < -0.39 is 0 Å². The Morgan fingerprint density at radius 2 is 2.20 bits per heavy atom. The van der Waals surface area contributed by atoms with Gasteiger partial charge in [-0.3, -0.25) is 0 Å². The smallest absolute Gasteiger partial charge is 0.234 e. The molecule has 2 heterocycles. The maximum absolute atomic E-state index is 5.47. The fourth-order valence-electron chi connectivity index (χ4n) is 2.38. The van der Waals surface area contributed by atoms with E-state index in [4.69, 9.17) is 9.26 Å². The van der Waals surface area contributed by atoms with E-state index in [1.165, 1.54) is 5.56 Å². The molecule has 1 aliphatic heterocycles. The topological polar surface area (TPSA) is 60.2 Å². The third-order valence-electron chi connectivity index (χ3n) is 3.58. The number of aromatic nitrogens is 2. The normalized spacial score (nSPS) is 22.4. The van der Waals surface area contributed by atoms with Gasteiger partial charge in [-0.15, -0.1) is 0 Å². The molecule has 2 aromatic rings. The van der Waals surface area contributed by atoms with Crippen LogP contribution in [0.15, 0.2) is 27.2 Å². The van der Waals surface area contributed by atoms with E-state index in [-0.39, 0.29) is 12.0 Å². The first kappa shape index (κ1) is 13.7. The highest BCUT2D eigenvalue weighted by Gasteiger charge is 2.33. The Morgan fingerprint density at radius 3 is 2.95 bits per heavy atom. The molecule has 2 atom stereocenters. The molecule has 0 radical (unpaired) electrons. The lowest BCUT2D eigenvalue weighted by atomic mass is 10.0. The van der Waals surface area contributed by atoms with Crippen molar-refractivity contribution in [2.24, 2.45) is 0 Å². The van der Waals surface area contributed by atoms with Crippen LogP contribution in [0, 0.1) is 6.92 Å². The van der Waals surface area contributed by atoms with Crippen LogP contribution in [0.2, 0.25) is 0 Å². The summed E-state index contributed by atoms with van der Waals surface area (Å²) in [6.07, 6.45) is 0. The molecule has 106 valence electrons. The van der Waals surface area contributed by atoms with E-state index in [1.807, 2.05) is 32.2 Å². The largest absolute Gasteiger partial charge is 0.379 e. The van der Waals surface area contributed by atoms with Crippen LogP contribution in [0.5, 0.6) is 0 Å². The number of rotatable bonds is 3. The molecule has 1 aliphatic rings. The van der Waals surface area contributed by atoms with E-state index in [1.54, 1.807) is 0 Å². The minimum atomic E-state index is 0.116. The number of ether oxygens (including phenoxy) is 1. The molecule has 20 heavy (non-hydrogen) atoms. The molecule has 0 amide bonds. The fourth-order valence-corrected chi connectivity index (χ4v) is 3.05. The molecule has 5 nitrogen and oxygen atoms in total. The Hall–Kier alpha value is -1.24. The zero-order chi connectivity index (χ0) is 14.1. The van der Waals surface area contributed by atoms with Crippen molar-refractivity contribution in [2.75, 3.05) is 20.3 Å². The molecule has 1 saturated heterocycles. The summed E-state index contributed by atoms with van der Waals surface area (Å²) >= 11 is 3.54. The molecule has 0 spiro atoms. The summed E-state index contributed by atoms with van der Waals surface area (Å²) in [5.41, 5.74) is 2.12. The van der Waals surface area contributed by atoms with E-state index in [0.717, 1.165) is 10.0 Å². The summed E-state index contributed by atoms with van der Waals surface area (Å²) in [4.78, 5) is 4.52. The molecule has 0 bridgehead atoms. The second-order valence-electron chi connectivity index (χ2n) is 4.98. The molecule has 0 aliphatic carbocycles. The molecule has 3 rings (SSSR count). The van der Waals surface area contributed by atoms with Crippen molar-refractivity contribution in [3.8, 4) is 11.4 Å². The molecule has 6 heteroatoms. The van der Waals surface area contributed by atoms with Crippen LogP contribution in [0.3, 0.4) is 0 Å². The minimum Gasteiger partial charge on any atom is -0.379 e. The Bertz CT molecular complexity index is 614. The van der Waals surface area contributed by atoms with Crippen LogP contribution in [0.1, 0.15) is 17.4 Å². The number of hydrogen-bond acceptors (Lipinski definition) is 5. The summed E-state index contributed by atoms with van der Waals surface area (Å²) in [5, 5.41) is 7.31. The van der Waals surface area contributed by atoms with Gasteiger partial charge in [0.1, 0.15) is 0 Å². The summed E-state index contributed by atoms with van der Waals surface area (Å²) in [6, 6.07) is 6.30. The predicted molar refractivity (Wildman–Crippen MR) is 78.6 cm³/mol. The molecule has 0 saturated carbocycles. The van der Waals surface area contributed by atoms with E-state index in [0.29, 0.717) is 24.9 Å². The van der Waals surface area contributed by atoms with Gasteiger partial charge >= 0.3 is 0 Å². The first-order chi connectivity index (χ1) is 9.69. The van der Waals surface area contributed by atoms with Crippen molar-refractivity contribution in [3.05, 3.63) is 34.1 Å². The molecular weight excluding hydrogens is 322 g/mol. The highest BCUT2D eigenvalue weighted by Crippen LogP contribution is 2.30. The van der Waals surface area contributed by atoms with Gasteiger partial charge in [0, 0.05) is 16.1 Å². The van der Waals surface area contributed by atoms with Crippen molar-refractivity contribution < 1.29 is 9.26 Å².